The number of hydrogen-bond donors (Lipinski definition) is 0. The highest BCUT2D eigenvalue weighted by molar-refractivity contribution is 5.69. The van der Waals surface area contributed by atoms with E-state index in [2.05, 4.69) is 27.1 Å². The highest BCUT2D eigenvalue weighted by Crippen LogP contribution is 2.22. The van der Waals surface area contributed by atoms with Crippen LogP contribution in [-0.4, -0.2) is 64.6 Å². The number of amides is 1. The van der Waals surface area contributed by atoms with Crippen LogP contribution in [0.15, 0.2) is 54.9 Å². The van der Waals surface area contributed by atoms with Crippen LogP contribution in [-0.2, 0) is 11.3 Å². The van der Waals surface area contributed by atoms with Gasteiger partial charge in [-0.05, 0) is 62.7 Å². The van der Waals surface area contributed by atoms with Gasteiger partial charge in [-0.15, -0.1) is 0 Å². The first-order valence-electron chi connectivity index (χ1n) is 11.2. The van der Waals surface area contributed by atoms with Crippen LogP contribution in [0.3, 0.4) is 0 Å². The maximum Gasteiger partial charge on any atom is 0.410 e. The molecule has 1 aliphatic rings. The second-order valence-corrected chi connectivity index (χ2v) is 9.12. The third-order valence-electron chi connectivity index (χ3n) is 5.46. The van der Waals surface area contributed by atoms with Gasteiger partial charge in [0.25, 0.3) is 0 Å². The second kappa shape index (κ2) is 9.52. The average molecular weight is 450 g/mol. The lowest BCUT2D eigenvalue weighted by atomic mass is 10.1. The molecule has 0 unspecified atom stereocenters. The summed E-state index contributed by atoms with van der Waals surface area (Å²) in [4.78, 5) is 20.8. The van der Waals surface area contributed by atoms with Crippen LogP contribution in [0.1, 0.15) is 26.3 Å². The van der Waals surface area contributed by atoms with Crippen LogP contribution in [0, 0.1) is 0 Å². The molecule has 1 fully saturated rings. The van der Waals surface area contributed by atoms with E-state index in [9.17, 15) is 4.79 Å². The minimum absolute atomic E-state index is 0.242. The molecule has 0 radical (unpaired) electrons. The largest absolute Gasteiger partial charge is 0.497 e. The van der Waals surface area contributed by atoms with E-state index in [-0.39, 0.29) is 6.09 Å². The first-order valence-corrected chi connectivity index (χ1v) is 11.2. The number of ether oxygens (including phenoxy) is 2. The van der Waals surface area contributed by atoms with E-state index in [4.69, 9.17) is 9.47 Å². The predicted molar refractivity (Wildman–Crippen MR) is 128 cm³/mol. The minimum atomic E-state index is -0.473. The van der Waals surface area contributed by atoms with Crippen molar-refractivity contribution in [3.05, 3.63) is 60.4 Å². The van der Waals surface area contributed by atoms with Gasteiger partial charge in [-0.3, -0.25) is 0 Å². The molecule has 0 bridgehead atoms. The Labute approximate surface area is 194 Å². The standard InChI is InChI=1S/C25H31N5O3/c1-25(2,3)33-24(31)29-15-13-28(14-16-29)21-9-7-20(8-10-21)23-26-18-30(27-23)17-19-5-11-22(32-4)12-6-19/h5-12,18H,13-17H2,1-4H3. The Morgan fingerprint density at radius 3 is 2.24 bits per heavy atom. The van der Waals surface area contributed by atoms with E-state index in [0.29, 0.717) is 25.5 Å². The fourth-order valence-electron chi connectivity index (χ4n) is 3.72. The molecule has 2 heterocycles. The summed E-state index contributed by atoms with van der Waals surface area (Å²) in [5, 5.41) is 4.62. The summed E-state index contributed by atoms with van der Waals surface area (Å²) in [6.45, 7) is 9.15. The van der Waals surface area contributed by atoms with Crippen LogP contribution in [0.25, 0.3) is 11.4 Å². The normalized spacial score (nSPS) is 14.3. The van der Waals surface area contributed by atoms with Gasteiger partial charge in [0.05, 0.1) is 13.7 Å². The van der Waals surface area contributed by atoms with E-state index >= 15 is 0 Å². The monoisotopic (exact) mass is 449 g/mol. The van der Waals surface area contributed by atoms with Crippen molar-refractivity contribution in [1.29, 1.82) is 0 Å². The number of hydrogen-bond acceptors (Lipinski definition) is 6. The second-order valence-electron chi connectivity index (χ2n) is 9.12. The number of rotatable bonds is 5. The molecule has 4 rings (SSSR count). The molecule has 1 amide bonds. The number of anilines is 1. The van der Waals surface area contributed by atoms with Crippen LogP contribution in [0.2, 0.25) is 0 Å². The van der Waals surface area contributed by atoms with Gasteiger partial charge in [0, 0.05) is 37.4 Å². The van der Waals surface area contributed by atoms with E-state index in [0.717, 1.165) is 35.7 Å². The molecule has 0 spiro atoms. The van der Waals surface area contributed by atoms with Crippen LogP contribution >= 0.6 is 0 Å². The lowest BCUT2D eigenvalue weighted by Crippen LogP contribution is -2.50. The summed E-state index contributed by atoms with van der Waals surface area (Å²) in [5.74, 6) is 1.54. The Kier molecular flexibility index (Phi) is 6.53. The molecule has 0 saturated carbocycles. The lowest BCUT2D eigenvalue weighted by Gasteiger charge is -2.36. The van der Waals surface area contributed by atoms with Crippen molar-refractivity contribution in [2.45, 2.75) is 32.9 Å². The average Bonchev–Trinajstić information content (AvgIpc) is 3.27. The molecule has 0 atom stereocenters. The summed E-state index contributed by atoms with van der Waals surface area (Å²) >= 11 is 0. The van der Waals surface area contributed by atoms with Crippen molar-refractivity contribution >= 4 is 11.8 Å². The van der Waals surface area contributed by atoms with Crippen molar-refractivity contribution in [2.24, 2.45) is 0 Å². The Bertz CT molecular complexity index is 1060. The van der Waals surface area contributed by atoms with E-state index in [1.165, 1.54) is 0 Å². The molecule has 2 aromatic carbocycles. The quantitative estimate of drug-likeness (QED) is 0.585. The fraction of sp³-hybridized carbons (Fsp3) is 0.400. The number of methoxy groups -OCH3 is 1. The molecule has 174 valence electrons. The molecule has 1 saturated heterocycles. The molecule has 3 aromatic rings. The Hall–Kier alpha value is -3.55. The van der Waals surface area contributed by atoms with Gasteiger partial charge in [0.15, 0.2) is 5.82 Å². The molecule has 0 aliphatic carbocycles. The summed E-state index contributed by atoms with van der Waals surface area (Å²) in [7, 11) is 1.66. The van der Waals surface area contributed by atoms with Crippen molar-refractivity contribution in [1.82, 2.24) is 19.7 Å². The molecule has 8 heteroatoms. The minimum Gasteiger partial charge on any atom is -0.497 e. The van der Waals surface area contributed by atoms with E-state index < -0.39 is 5.60 Å². The number of benzene rings is 2. The maximum atomic E-state index is 12.3. The van der Waals surface area contributed by atoms with Gasteiger partial charge in [0.1, 0.15) is 17.7 Å². The Balaban J connectivity index is 1.34. The molecular formula is C25H31N5O3. The molecule has 33 heavy (non-hydrogen) atoms. The predicted octanol–water partition coefficient (Wildman–Crippen LogP) is 4.06. The number of piperazine rings is 1. The van der Waals surface area contributed by atoms with Gasteiger partial charge < -0.3 is 19.3 Å². The fourth-order valence-corrected chi connectivity index (χ4v) is 3.72. The zero-order chi connectivity index (χ0) is 23.4. The van der Waals surface area contributed by atoms with E-state index in [1.807, 2.05) is 61.9 Å². The van der Waals surface area contributed by atoms with Gasteiger partial charge in [0.2, 0.25) is 0 Å². The zero-order valence-corrected chi connectivity index (χ0v) is 19.7. The molecule has 1 aliphatic heterocycles. The molecule has 8 nitrogen and oxygen atoms in total. The number of nitrogens with zero attached hydrogens (tertiary/aromatic N) is 5. The van der Waals surface area contributed by atoms with Crippen molar-refractivity contribution in [3.8, 4) is 17.1 Å². The summed E-state index contributed by atoms with van der Waals surface area (Å²) < 4.78 is 12.5. The van der Waals surface area contributed by atoms with E-state index in [1.54, 1.807) is 18.3 Å². The number of carbonyl (C=O) groups excluding carboxylic acids is 1. The third-order valence-corrected chi connectivity index (χ3v) is 5.46. The van der Waals surface area contributed by atoms with Crippen molar-refractivity contribution in [3.63, 3.8) is 0 Å². The SMILES string of the molecule is COc1ccc(Cn2cnc(-c3ccc(N4CCN(C(=O)OC(C)(C)C)CC4)cc3)n2)cc1. The molecule has 1 aromatic heterocycles. The summed E-state index contributed by atoms with van der Waals surface area (Å²) in [6.07, 6.45) is 1.51. The molecular weight excluding hydrogens is 418 g/mol. The lowest BCUT2D eigenvalue weighted by molar-refractivity contribution is 0.0240. The van der Waals surface area contributed by atoms with Gasteiger partial charge in [-0.25, -0.2) is 14.5 Å². The smallest absolute Gasteiger partial charge is 0.410 e. The van der Waals surface area contributed by atoms with Crippen LogP contribution < -0.4 is 9.64 Å². The first-order chi connectivity index (χ1) is 15.8. The number of carbonyl (C=O) groups is 1. The summed E-state index contributed by atoms with van der Waals surface area (Å²) in [6, 6.07) is 16.2. The third kappa shape index (κ3) is 5.83. The Morgan fingerprint density at radius 1 is 0.970 bits per heavy atom. The molecule has 0 N–H and O–H groups in total. The zero-order valence-electron chi connectivity index (χ0n) is 19.7. The first kappa shape index (κ1) is 22.6. The Morgan fingerprint density at radius 2 is 1.64 bits per heavy atom. The van der Waals surface area contributed by atoms with Crippen LogP contribution in [0.5, 0.6) is 5.75 Å². The van der Waals surface area contributed by atoms with Gasteiger partial charge >= 0.3 is 6.09 Å². The highest BCUT2D eigenvalue weighted by atomic mass is 16.6. The summed E-state index contributed by atoms with van der Waals surface area (Å²) in [5.41, 5.74) is 2.76. The van der Waals surface area contributed by atoms with Gasteiger partial charge in [-0.2, -0.15) is 5.10 Å². The van der Waals surface area contributed by atoms with Crippen LogP contribution in [0.4, 0.5) is 10.5 Å². The topological polar surface area (TPSA) is 72.7 Å². The highest BCUT2D eigenvalue weighted by Gasteiger charge is 2.26. The van der Waals surface area contributed by atoms with Crippen molar-refractivity contribution in [2.75, 3.05) is 38.2 Å². The van der Waals surface area contributed by atoms with Gasteiger partial charge in [-0.1, -0.05) is 12.1 Å². The van der Waals surface area contributed by atoms with Crippen molar-refractivity contribution < 1.29 is 14.3 Å². The maximum absolute atomic E-state index is 12.3. The number of aromatic nitrogens is 3.